The highest BCUT2D eigenvalue weighted by Crippen LogP contribution is 2.36. The van der Waals surface area contributed by atoms with Gasteiger partial charge in [0.15, 0.2) is 5.75 Å². The van der Waals surface area contributed by atoms with Crippen molar-refractivity contribution >= 4 is 11.6 Å². The minimum atomic E-state index is -0.862. The first-order chi connectivity index (χ1) is 7.45. The largest absolute Gasteiger partial charge is 0.504 e. The molecule has 0 fully saturated rings. The number of nitro benzene ring substituents is 1. The predicted molar refractivity (Wildman–Crippen MR) is 52.5 cm³/mol. The summed E-state index contributed by atoms with van der Waals surface area (Å²) < 4.78 is 0. The van der Waals surface area contributed by atoms with Gasteiger partial charge in [0.05, 0.1) is 11.3 Å². The maximum Gasteiger partial charge on any atom is 0.314 e. The third kappa shape index (κ3) is 2.36. The zero-order chi connectivity index (χ0) is 12.3. The van der Waals surface area contributed by atoms with Gasteiger partial charge >= 0.3 is 5.69 Å². The molecule has 86 valence electrons. The van der Waals surface area contributed by atoms with Crippen LogP contribution in [0.15, 0.2) is 12.1 Å². The summed E-state index contributed by atoms with van der Waals surface area (Å²) in [6.45, 7) is 0. The second kappa shape index (κ2) is 4.45. The van der Waals surface area contributed by atoms with Crippen LogP contribution in [-0.2, 0) is 11.2 Å². The van der Waals surface area contributed by atoms with E-state index in [-0.39, 0.29) is 12.0 Å². The second-order valence-electron chi connectivity index (χ2n) is 2.98. The lowest BCUT2D eigenvalue weighted by Gasteiger charge is -2.03. The first-order valence-electron chi connectivity index (χ1n) is 4.14. The molecule has 1 amide bonds. The molecule has 0 bridgehead atoms. The topological polar surface area (TPSA) is 139 Å². The van der Waals surface area contributed by atoms with E-state index in [1.165, 1.54) is 0 Å². The van der Waals surface area contributed by atoms with E-state index in [9.17, 15) is 20.0 Å². The number of hydrogen-bond donors (Lipinski definition) is 4. The van der Waals surface area contributed by atoms with Crippen LogP contribution in [-0.4, -0.2) is 21.0 Å². The molecule has 1 aromatic rings. The minimum Gasteiger partial charge on any atom is -0.504 e. The number of hydrazine groups is 1. The fourth-order valence-corrected chi connectivity index (χ4v) is 1.14. The Bertz CT molecular complexity index is 446. The summed E-state index contributed by atoms with van der Waals surface area (Å²) in [5.41, 5.74) is 1.35. The molecule has 0 aromatic heterocycles. The number of carbonyl (C=O) groups excluding carboxylic acids is 1. The third-order valence-electron chi connectivity index (χ3n) is 1.85. The number of nitrogens with zero attached hydrogens (tertiary/aromatic N) is 1. The summed E-state index contributed by atoms with van der Waals surface area (Å²) in [4.78, 5) is 20.5. The Balaban J connectivity index is 3.14. The van der Waals surface area contributed by atoms with Crippen LogP contribution in [0.3, 0.4) is 0 Å². The number of nitrogens with two attached hydrogens (primary N) is 1. The van der Waals surface area contributed by atoms with Crippen LogP contribution in [0.25, 0.3) is 0 Å². The van der Waals surface area contributed by atoms with Crippen LogP contribution < -0.4 is 11.3 Å². The molecule has 0 spiro atoms. The summed E-state index contributed by atoms with van der Waals surface area (Å²) in [6, 6.07) is 2.04. The van der Waals surface area contributed by atoms with E-state index in [1.54, 1.807) is 0 Å². The normalized spacial score (nSPS) is 9.81. The van der Waals surface area contributed by atoms with E-state index in [0.717, 1.165) is 12.1 Å². The van der Waals surface area contributed by atoms with Crippen molar-refractivity contribution in [3.63, 3.8) is 0 Å². The van der Waals surface area contributed by atoms with Crippen molar-refractivity contribution in [2.24, 2.45) is 5.84 Å². The molecule has 0 aliphatic rings. The number of nitro groups is 1. The van der Waals surface area contributed by atoms with Gasteiger partial charge in [-0.2, -0.15) is 0 Å². The number of phenolic OH excluding ortho intramolecular Hbond substituents is 2. The van der Waals surface area contributed by atoms with E-state index in [4.69, 9.17) is 10.9 Å². The standard InChI is InChI=1S/C8H9N3O5/c9-10-7(13)3-4-1-5(11(15)16)8(14)6(12)2-4/h1-2,12,14H,3,9H2,(H,10,13). The zero-order valence-electron chi connectivity index (χ0n) is 8.01. The van der Waals surface area contributed by atoms with Crippen LogP contribution in [0.2, 0.25) is 0 Å². The Kier molecular flexibility index (Phi) is 3.26. The van der Waals surface area contributed by atoms with Crippen LogP contribution >= 0.6 is 0 Å². The van der Waals surface area contributed by atoms with Crippen molar-refractivity contribution in [2.45, 2.75) is 6.42 Å². The average Bonchev–Trinajstić information content (AvgIpc) is 2.22. The highest BCUT2D eigenvalue weighted by Gasteiger charge is 2.19. The molecule has 5 N–H and O–H groups in total. The molecule has 0 aliphatic heterocycles. The van der Waals surface area contributed by atoms with E-state index in [1.807, 2.05) is 5.43 Å². The smallest absolute Gasteiger partial charge is 0.314 e. The highest BCUT2D eigenvalue weighted by atomic mass is 16.6. The van der Waals surface area contributed by atoms with Crippen LogP contribution in [0.5, 0.6) is 11.5 Å². The van der Waals surface area contributed by atoms with E-state index < -0.39 is 28.0 Å². The zero-order valence-corrected chi connectivity index (χ0v) is 8.01. The molecule has 16 heavy (non-hydrogen) atoms. The Morgan fingerprint density at radius 3 is 2.62 bits per heavy atom. The number of aromatic hydroxyl groups is 2. The van der Waals surface area contributed by atoms with Gasteiger partial charge in [-0.15, -0.1) is 0 Å². The second-order valence-corrected chi connectivity index (χ2v) is 2.98. The van der Waals surface area contributed by atoms with Gasteiger partial charge in [0, 0.05) is 6.07 Å². The van der Waals surface area contributed by atoms with Gasteiger partial charge < -0.3 is 10.2 Å². The molecular weight excluding hydrogens is 218 g/mol. The lowest BCUT2D eigenvalue weighted by molar-refractivity contribution is -0.386. The molecule has 0 heterocycles. The Hall–Kier alpha value is -2.35. The molecule has 0 radical (unpaired) electrons. The number of carbonyl (C=O) groups is 1. The summed E-state index contributed by atoms with van der Waals surface area (Å²) in [5.74, 6) is 2.78. The fourth-order valence-electron chi connectivity index (χ4n) is 1.14. The van der Waals surface area contributed by atoms with Gasteiger partial charge in [-0.1, -0.05) is 0 Å². The van der Waals surface area contributed by atoms with Crippen LogP contribution in [0.4, 0.5) is 5.69 Å². The molecule has 0 aliphatic carbocycles. The molecule has 0 saturated carbocycles. The molecule has 0 unspecified atom stereocenters. The molecule has 1 rings (SSSR count). The summed E-state index contributed by atoms with van der Waals surface area (Å²) in [6.07, 6.45) is -0.231. The minimum absolute atomic E-state index is 0.171. The predicted octanol–water partition coefficient (Wildman–Crippen LogP) is -0.462. The molecule has 0 atom stereocenters. The van der Waals surface area contributed by atoms with Crippen LogP contribution in [0.1, 0.15) is 5.56 Å². The van der Waals surface area contributed by atoms with Crippen molar-refractivity contribution in [3.05, 3.63) is 27.8 Å². The molecule has 8 heteroatoms. The number of benzene rings is 1. The Morgan fingerprint density at radius 2 is 2.12 bits per heavy atom. The first kappa shape index (κ1) is 11.7. The number of nitrogens with one attached hydrogen (secondary N) is 1. The number of amides is 1. The van der Waals surface area contributed by atoms with Crippen molar-refractivity contribution in [2.75, 3.05) is 0 Å². The van der Waals surface area contributed by atoms with Crippen molar-refractivity contribution in [1.82, 2.24) is 5.43 Å². The number of hydrogen-bond acceptors (Lipinski definition) is 6. The van der Waals surface area contributed by atoms with Crippen LogP contribution in [0, 0.1) is 10.1 Å². The molecular formula is C8H9N3O5. The first-order valence-corrected chi connectivity index (χ1v) is 4.14. The van der Waals surface area contributed by atoms with Gasteiger partial charge in [-0.05, 0) is 11.6 Å². The Labute approximate surface area is 89.4 Å². The summed E-state index contributed by atoms with van der Waals surface area (Å²) in [7, 11) is 0. The monoisotopic (exact) mass is 227 g/mol. The summed E-state index contributed by atoms with van der Waals surface area (Å²) >= 11 is 0. The average molecular weight is 227 g/mol. The van der Waals surface area contributed by atoms with Gasteiger partial charge in [0.2, 0.25) is 11.7 Å². The molecule has 8 nitrogen and oxygen atoms in total. The maximum atomic E-state index is 10.9. The van der Waals surface area contributed by atoms with Gasteiger partial charge in [-0.3, -0.25) is 20.3 Å². The van der Waals surface area contributed by atoms with Crippen molar-refractivity contribution in [1.29, 1.82) is 0 Å². The van der Waals surface area contributed by atoms with Crippen molar-refractivity contribution < 1.29 is 19.9 Å². The third-order valence-corrected chi connectivity index (χ3v) is 1.85. The van der Waals surface area contributed by atoms with E-state index in [2.05, 4.69) is 0 Å². The van der Waals surface area contributed by atoms with Gasteiger partial charge in [0.1, 0.15) is 0 Å². The maximum absolute atomic E-state index is 10.9. The molecule has 1 aromatic carbocycles. The lowest BCUT2D eigenvalue weighted by Crippen LogP contribution is -2.31. The van der Waals surface area contributed by atoms with E-state index >= 15 is 0 Å². The number of phenols is 2. The van der Waals surface area contributed by atoms with E-state index in [0.29, 0.717) is 0 Å². The van der Waals surface area contributed by atoms with Gasteiger partial charge in [0.25, 0.3) is 0 Å². The Morgan fingerprint density at radius 1 is 1.50 bits per heavy atom. The SMILES string of the molecule is NNC(=O)Cc1cc(O)c(O)c([N+](=O)[O-])c1. The van der Waals surface area contributed by atoms with Crippen molar-refractivity contribution in [3.8, 4) is 11.5 Å². The number of rotatable bonds is 3. The highest BCUT2D eigenvalue weighted by molar-refractivity contribution is 5.78. The van der Waals surface area contributed by atoms with Gasteiger partial charge in [-0.25, -0.2) is 5.84 Å². The summed E-state index contributed by atoms with van der Waals surface area (Å²) in [5, 5.41) is 28.9. The quantitative estimate of drug-likeness (QED) is 0.181. The lowest BCUT2D eigenvalue weighted by atomic mass is 10.1. The fraction of sp³-hybridized carbons (Fsp3) is 0.125. The molecule has 0 saturated heterocycles.